The molecule has 1 aromatic rings. The van der Waals surface area contributed by atoms with Crippen LogP contribution in [0, 0.1) is 38.7 Å². The van der Waals surface area contributed by atoms with Crippen LogP contribution < -0.4 is 0 Å². The molecule has 5 heteroatoms. The summed E-state index contributed by atoms with van der Waals surface area (Å²) in [5.74, 6) is 1.65. The molecule has 0 spiro atoms. The van der Waals surface area contributed by atoms with Crippen molar-refractivity contribution in [2.24, 2.45) is 28.6 Å². The van der Waals surface area contributed by atoms with Gasteiger partial charge in [0, 0.05) is 17.5 Å². The Hall–Kier alpha value is -1.98. The average Bonchev–Trinajstić information content (AvgIpc) is 2.99. The van der Waals surface area contributed by atoms with Crippen LogP contribution in [0.5, 0.6) is 0 Å². The number of hydrogen-bond acceptors (Lipinski definition) is 4. The smallest absolute Gasteiger partial charge is 0.269 e. The monoisotopic (exact) mass is 423 g/mol. The number of nitro groups is 1. The van der Waals surface area contributed by atoms with Gasteiger partial charge in [-0.2, -0.15) is 0 Å². The first-order chi connectivity index (χ1) is 14.7. The van der Waals surface area contributed by atoms with Crippen LogP contribution in [0.15, 0.2) is 41.5 Å². The van der Waals surface area contributed by atoms with E-state index < -0.39 is 6.10 Å². The third-order valence-corrected chi connectivity index (χ3v) is 9.40. The van der Waals surface area contributed by atoms with Crippen molar-refractivity contribution in [2.75, 3.05) is 0 Å². The largest absolute Gasteiger partial charge is 0.393 e. The summed E-state index contributed by atoms with van der Waals surface area (Å²) in [5.41, 5.74) is 3.63. The molecule has 5 nitrogen and oxygen atoms in total. The number of hydrogen-bond donors (Lipinski definition) is 2. The Kier molecular flexibility index (Phi) is 4.91. The molecule has 0 heterocycles. The highest BCUT2D eigenvalue weighted by Gasteiger charge is 2.59. The van der Waals surface area contributed by atoms with Crippen molar-refractivity contribution in [2.45, 2.75) is 71.0 Å². The minimum Gasteiger partial charge on any atom is -0.393 e. The molecule has 5 rings (SSSR count). The van der Waals surface area contributed by atoms with Crippen molar-refractivity contribution in [1.82, 2.24) is 0 Å². The molecule has 0 aromatic heterocycles. The van der Waals surface area contributed by atoms with Gasteiger partial charge in [-0.05, 0) is 91.4 Å². The summed E-state index contributed by atoms with van der Waals surface area (Å²) in [6, 6.07) is 6.61. The van der Waals surface area contributed by atoms with Crippen molar-refractivity contribution >= 4 is 11.8 Å². The summed E-state index contributed by atoms with van der Waals surface area (Å²) in [4.78, 5) is 10.5. The van der Waals surface area contributed by atoms with Crippen LogP contribution in [0.3, 0.4) is 0 Å². The topological polar surface area (TPSA) is 83.6 Å². The summed E-state index contributed by atoms with van der Waals surface area (Å²) in [7, 11) is 0. The number of nitrogens with zero attached hydrogens (tertiary/aromatic N) is 1. The Morgan fingerprint density at radius 1 is 1.06 bits per heavy atom. The van der Waals surface area contributed by atoms with Crippen LogP contribution in [-0.4, -0.2) is 27.3 Å². The Bertz CT molecular complexity index is 951. The standard InChI is InChI=1S/C26H33NO4/c1-25-11-9-20(28)15-18(25)5-8-21-22(25)10-12-26(2)23(21)14-17(24(26)29)13-16-3-6-19(7-4-16)27(30)31/h3-7,13,20-24,28-29H,8-12,14-15H2,1-2H3/b17-13+/t20-,21+,22-,23+,24-,25+,26+/m0/s1. The summed E-state index contributed by atoms with van der Waals surface area (Å²) in [6.45, 7) is 4.69. The van der Waals surface area contributed by atoms with Gasteiger partial charge in [0.15, 0.2) is 0 Å². The van der Waals surface area contributed by atoms with E-state index in [4.69, 9.17) is 0 Å². The van der Waals surface area contributed by atoms with Gasteiger partial charge in [0.2, 0.25) is 0 Å². The van der Waals surface area contributed by atoms with Crippen LogP contribution >= 0.6 is 0 Å². The summed E-state index contributed by atoms with van der Waals surface area (Å²) in [5, 5.41) is 32.5. The molecule has 4 aliphatic carbocycles. The first-order valence-corrected chi connectivity index (χ1v) is 11.7. The van der Waals surface area contributed by atoms with Gasteiger partial charge in [-0.15, -0.1) is 0 Å². The molecular weight excluding hydrogens is 390 g/mol. The molecule has 0 aliphatic heterocycles. The van der Waals surface area contributed by atoms with E-state index in [0.29, 0.717) is 17.8 Å². The summed E-state index contributed by atoms with van der Waals surface area (Å²) < 4.78 is 0. The number of aliphatic hydroxyl groups is 2. The van der Waals surface area contributed by atoms with Crippen LogP contribution in [0.1, 0.15) is 64.4 Å². The van der Waals surface area contributed by atoms with Gasteiger partial charge in [-0.1, -0.05) is 31.6 Å². The van der Waals surface area contributed by atoms with Crippen LogP contribution in [-0.2, 0) is 0 Å². The molecule has 166 valence electrons. The van der Waals surface area contributed by atoms with Crippen molar-refractivity contribution in [3.63, 3.8) is 0 Å². The normalized spacial score (nSPS) is 43.0. The zero-order chi connectivity index (χ0) is 22.0. The fraction of sp³-hybridized carbons (Fsp3) is 0.615. The van der Waals surface area contributed by atoms with E-state index >= 15 is 0 Å². The fourth-order valence-corrected chi connectivity index (χ4v) is 7.55. The molecule has 0 bridgehead atoms. The molecule has 4 aliphatic rings. The molecule has 3 saturated carbocycles. The molecule has 0 radical (unpaired) electrons. The quantitative estimate of drug-likeness (QED) is 0.385. The highest BCUT2D eigenvalue weighted by atomic mass is 16.6. The molecule has 31 heavy (non-hydrogen) atoms. The first kappa shape index (κ1) is 20.9. The predicted molar refractivity (Wildman–Crippen MR) is 120 cm³/mol. The van der Waals surface area contributed by atoms with Gasteiger partial charge >= 0.3 is 0 Å². The summed E-state index contributed by atoms with van der Waals surface area (Å²) >= 11 is 0. The first-order valence-electron chi connectivity index (χ1n) is 11.7. The van der Waals surface area contributed by atoms with Gasteiger partial charge < -0.3 is 10.2 Å². The van der Waals surface area contributed by atoms with Gasteiger partial charge in [-0.3, -0.25) is 10.1 Å². The van der Waals surface area contributed by atoms with E-state index in [1.807, 2.05) is 0 Å². The van der Waals surface area contributed by atoms with E-state index in [1.165, 1.54) is 17.7 Å². The van der Waals surface area contributed by atoms with Gasteiger partial charge in [0.25, 0.3) is 5.69 Å². The van der Waals surface area contributed by atoms with Crippen molar-refractivity contribution < 1.29 is 15.1 Å². The van der Waals surface area contributed by atoms with Gasteiger partial charge in [-0.25, -0.2) is 0 Å². The summed E-state index contributed by atoms with van der Waals surface area (Å²) in [6.07, 6.45) is 10.7. The van der Waals surface area contributed by atoms with Crippen molar-refractivity contribution in [3.05, 3.63) is 57.2 Å². The highest BCUT2D eigenvalue weighted by Crippen LogP contribution is 2.65. The molecular formula is C26H33NO4. The zero-order valence-corrected chi connectivity index (χ0v) is 18.5. The number of allylic oxidation sites excluding steroid dienone is 1. The van der Waals surface area contributed by atoms with Crippen LogP contribution in [0.25, 0.3) is 6.08 Å². The third-order valence-electron chi connectivity index (χ3n) is 9.40. The van der Waals surface area contributed by atoms with Gasteiger partial charge in [0.1, 0.15) is 0 Å². The van der Waals surface area contributed by atoms with Gasteiger partial charge in [0.05, 0.1) is 17.1 Å². The molecule has 1 aromatic carbocycles. The lowest BCUT2D eigenvalue weighted by Crippen LogP contribution is -2.51. The van der Waals surface area contributed by atoms with E-state index in [9.17, 15) is 20.3 Å². The number of rotatable bonds is 2. The molecule has 2 N–H and O–H groups in total. The van der Waals surface area contributed by atoms with E-state index in [0.717, 1.165) is 56.1 Å². The molecule has 0 saturated heterocycles. The average molecular weight is 424 g/mol. The molecule has 0 amide bonds. The molecule has 0 unspecified atom stereocenters. The Labute approximate surface area is 184 Å². The second-order valence-corrected chi connectivity index (χ2v) is 10.9. The maximum absolute atomic E-state index is 11.3. The second kappa shape index (κ2) is 7.28. The minimum atomic E-state index is -0.458. The Morgan fingerprint density at radius 2 is 1.81 bits per heavy atom. The number of fused-ring (bicyclic) bond motifs is 5. The van der Waals surface area contributed by atoms with Crippen LogP contribution in [0.2, 0.25) is 0 Å². The number of non-ortho nitro benzene ring substituents is 1. The van der Waals surface area contributed by atoms with Crippen LogP contribution in [0.4, 0.5) is 5.69 Å². The lowest BCUT2D eigenvalue weighted by atomic mass is 9.48. The lowest BCUT2D eigenvalue weighted by molar-refractivity contribution is -0.384. The Morgan fingerprint density at radius 3 is 2.52 bits per heavy atom. The number of aliphatic hydroxyl groups excluding tert-OH is 2. The minimum absolute atomic E-state index is 0.0910. The van der Waals surface area contributed by atoms with E-state index in [-0.39, 0.29) is 27.5 Å². The van der Waals surface area contributed by atoms with Crippen molar-refractivity contribution in [1.29, 1.82) is 0 Å². The number of benzene rings is 1. The second-order valence-electron chi connectivity index (χ2n) is 10.9. The van der Waals surface area contributed by atoms with Crippen molar-refractivity contribution in [3.8, 4) is 0 Å². The number of nitro benzene ring substituents is 1. The predicted octanol–water partition coefficient (Wildman–Crippen LogP) is 5.27. The van der Waals surface area contributed by atoms with E-state index in [1.54, 1.807) is 12.1 Å². The fourth-order valence-electron chi connectivity index (χ4n) is 7.55. The maximum atomic E-state index is 11.3. The Balaban J connectivity index is 1.44. The third kappa shape index (κ3) is 3.20. The maximum Gasteiger partial charge on any atom is 0.269 e. The molecule has 3 fully saturated rings. The molecule has 7 atom stereocenters. The zero-order valence-electron chi connectivity index (χ0n) is 18.5. The SMILES string of the molecule is C[C@@]12CC[C@H]3[C@@H](CC=C4C[C@@H](O)CC[C@]43C)[C@H]1C/C(=C\c1ccc([N+](=O)[O-])cc1)[C@@H]2O. The highest BCUT2D eigenvalue weighted by molar-refractivity contribution is 5.57. The lowest BCUT2D eigenvalue weighted by Gasteiger charge is -2.57. The van der Waals surface area contributed by atoms with E-state index in [2.05, 4.69) is 26.0 Å².